The van der Waals surface area contributed by atoms with E-state index in [1.54, 1.807) is 0 Å². The Kier molecular flexibility index (Phi) is 10.2. The molecule has 0 aliphatic carbocycles. The summed E-state index contributed by atoms with van der Waals surface area (Å²) in [5.74, 6) is 0. The van der Waals surface area contributed by atoms with Crippen LogP contribution in [0.5, 0.6) is 0 Å². The van der Waals surface area contributed by atoms with Crippen LogP contribution in [0.15, 0.2) is 30.3 Å². The quantitative estimate of drug-likeness (QED) is 0.473. The molecule has 0 aromatic heterocycles. The molecule has 0 fully saturated rings. The summed E-state index contributed by atoms with van der Waals surface area (Å²) in [4.78, 5) is 0. The number of hydrogen-bond donors (Lipinski definition) is 0. The third-order valence-corrected chi connectivity index (χ3v) is 2.98. The van der Waals surface area contributed by atoms with Crippen LogP contribution in [0.2, 0.25) is 0 Å². The molecule has 0 aliphatic rings. The van der Waals surface area contributed by atoms with Crippen LogP contribution in [0.1, 0.15) is 31.2 Å². The molecule has 0 radical (unpaired) electrons. The van der Waals surface area contributed by atoms with E-state index in [0.29, 0.717) is 0 Å². The molecule has 0 N–H and O–H groups in total. The van der Waals surface area contributed by atoms with E-state index in [2.05, 4.69) is 45.4 Å². The predicted octanol–water partition coefficient (Wildman–Crippen LogP) is 0.474. The molecule has 0 saturated heterocycles. The molecular formula is C16H28BrNO. The monoisotopic (exact) mass is 329 g/mol. The molecule has 0 heterocycles. The van der Waals surface area contributed by atoms with Crippen LogP contribution in [-0.4, -0.2) is 38.8 Å². The molecule has 3 heteroatoms. The minimum absolute atomic E-state index is 0. The minimum Gasteiger partial charge on any atom is -1.00 e. The summed E-state index contributed by atoms with van der Waals surface area (Å²) in [5, 5.41) is 0. The lowest BCUT2D eigenvalue weighted by Gasteiger charge is -2.23. The van der Waals surface area contributed by atoms with Gasteiger partial charge in [0.2, 0.25) is 0 Å². The lowest BCUT2D eigenvalue weighted by Crippen LogP contribution is -3.00. The Bertz CT molecular complexity index is 308. The maximum absolute atomic E-state index is 5.66. The highest BCUT2D eigenvalue weighted by Gasteiger charge is 2.04. The van der Waals surface area contributed by atoms with Crippen molar-refractivity contribution in [3.63, 3.8) is 0 Å². The summed E-state index contributed by atoms with van der Waals surface area (Å²) in [6, 6.07) is 10.4. The molecule has 0 aliphatic heterocycles. The molecule has 0 saturated carbocycles. The van der Waals surface area contributed by atoms with E-state index in [1.165, 1.54) is 37.8 Å². The molecule has 1 aromatic carbocycles. The fourth-order valence-corrected chi connectivity index (χ4v) is 1.91. The van der Waals surface area contributed by atoms with Crippen LogP contribution in [0.4, 0.5) is 0 Å². The van der Waals surface area contributed by atoms with Crippen LogP contribution in [0.3, 0.4) is 0 Å². The summed E-state index contributed by atoms with van der Waals surface area (Å²) < 4.78 is 6.74. The summed E-state index contributed by atoms with van der Waals surface area (Å²) in [6.07, 6.45) is 5.12. The molecule has 110 valence electrons. The molecule has 1 aromatic rings. The number of rotatable bonds is 9. The van der Waals surface area contributed by atoms with Gasteiger partial charge in [-0.3, -0.25) is 0 Å². The van der Waals surface area contributed by atoms with Crippen molar-refractivity contribution in [2.75, 3.05) is 34.3 Å². The topological polar surface area (TPSA) is 9.23 Å². The van der Waals surface area contributed by atoms with Gasteiger partial charge in [0, 0.05) is 6.61 Å². The number of benzene rings is 1. The number of halogens is 1. The van der Waals surface area contributed by atoms with E-state index in [9.17, 15) is 0 Å². The third kappa shape index (κ3) is 11.2. The highest BCUT2D eigenvalue weighted by molar-refractivity contribution is 5.13. The van der Waals surface area contributed by atoms with Gasteiger partial charge in [-0.2, -0.15) is 0 Å². The lowest BCUT2D eigenvalue weighted by atomic mass is 10.2. The highest BCUT2D eigenvalue weighted by atomic mass is 79.9. The average Bonchev–Trinajstić information content (AvgIpc) is 2.32. The number of nitrogens with zero attached hydrogens (tertiary/aromatic N) is 1. The zero-order valence-electron chi connectivity index (χ0n) is 12.6. The van der Waals surface area contributed by atoms with E-state index in [0.717, 1.165) is 17.7 Å². The Balaban J connectivity index is 0.00000324. The summed E-state index contributed by atoms with van der Waals surface area (Å²) in [6.45, 7) is 2.91. The van der Waals surface area contributed by atoms with Gasteiger partial charge in [0.25, 0.3) is 0 Å². The smallest absolute Gasteiger partial charge is 0.0780 e. The van der Waals surface area contributed by atoms with Crippen molar-refractivity contribution >= 4 is 0 Å². The van der Waals surface area contributed by atoms with Gasteiger partial charge in [0.15, 0.2) is 0 Å². The average molecular weight is 330 g/mol. The minimum atomic E-state index is 0. The van der Waals surface area contributed by atoms with E-state index >= 15 is 0 Å². The van der Waals surface area contributed by atoms with Gasteiger partial charge in [0.05, 0.1) is 34.3 Å². The van der Waals surface area contributed by atoms with Crippen LogP contribution in [0, 0.1) is 0 Å². The maximum Gasteiger partial charge on any atom is 0.0780 e. The van der Waals surface area contributed by atoms with Crippen molar-refractivity contribution in [2.24, 2.45) is 0 Å². The Morgan fingerprint density at radius 2 is 1.53 bits per heavy atom. The number of ether oxygens (including phenoxy) is 1. The normalized spacial score (nSPS) is 11.1. The fourth-order valence-electron chi connectivity index (χ4n) is 1.91. The van der Waals surface area contributed by atoms with Crippen molar-refractivity contribution in [1.82, 2.24) is 0 Å². The van der Waals surface area contributed by atoms with Crippen molar-refractivity contribution < 1.29 is 26.2 Å². The Labute approximate surface area is 129 Å². The molecule has 0 amide bonds. The second-order valence-corrected chi connectivity index (χ2v) is 5.97. The first-order valence-corrected chi connectivity index (χ1v) is 7.00. The Hall–Kier alpha value is -0.380. The highest BCUT2D eigenvalue weighted by Crippen LogP contribution is 2.05. The SMILES string of the molecule is C[N+](C)(C)CCCCCCOCc1ccccc1.[Br-]. The van der Waals surface area contributed by atoms with Gasteiger partial charge in [-0.1, -0.05) is 36.8 Å². The molecule has 19 heavy (non-hydrogen) atoms. The third-order valence-electron chi connectivity index (χ3n) is 2.98. The fraction of sp³-hybridized carbons (Fsp3) is 0.625. The maximum atomic E-state index is 5.66. The number of quaternary nitrogens is 1. The summed E-state index contributed by atoms with van der Waals surface area (Å²) in [5.41, 5.74) is 1.27. The molecule has 0 bridgehead atoms. The van der Waals surface area contributed by atoms with Gasteiger partial charge in [-0.25, -0.2) is 0 Å². The van der Waals surface area contributed by atoms with Crippen LogP contribution in [0.25, 0.3) is 0 Å². The van der Waals surface area contributed by atoms with Gasteiger partial charge in [0.1, 0.15) is 0 Å². The van der Waals surface area contributed by atoms with Crippen molar-refractivity contribution in [2.45, 2.75) is 32.3 Å². The lowest BCUT2D eigenvalue weighted by molar-refractivity contribution is -0.870. The van der Waals surface area contributed by atoms with Gasteiger partial charge in [-0.05, 0) is 24.8 Å². The second-order valence-electron chi connectivity index (χ2n) is 5.97. The summed E-state index contributed by atoms with van der Waals surface area (Å²) >= 11 is 0. The largest absolute Gasteiger partial charge is 1.00 e. The van der Waals surface area contributed by atoms with E-state index in [1.807, 2.05) is 6.07 Å². The Morgan fingerprint density at radius 3 is 2.16 bits per heavy atom. The first-order valence-electron chi connectivity index (χ1n) is 7.00. The van der Waals surface area contributed by atoms with Gasteiger partial charge in [-0.15, -0.1) is 0 Å². The predicted molar refractivity (Wildman–Crippen MR) is 77.5 cm³/mol. The van der Waals surface area contributed by atoms with Gasteiger partial charge < -0.3 is 26.2 Å². The Morgan fingerprint density at radius 1 is 0.895 bits per heavy atom. The first-order chi connectivity index (χ1) is 8.58. The molecule has 0 atom stereocenters. The van der Waals surface area contributed by atoms with Crippen LogP contribution in [-0.2, 0) is 11.3 Å². The standard InChI is InChI=1S/C16H28NO.BrH/c1-17(2,3)13-9-4-5-10-14-18-15-16-11-7-6-8-12-16;/h6-8,11-12H,4-5,9-10,13-15H2,1-3H3;1H/q+1;/p-1. The van der Waals surface area contributed by atoms with Crippen molar-refractivity contribution in [1.29, 1.82) is 0 Å². The molecule has 2 nitrogen and oxygen atoms in total. The van der Waals surface area contributed by atoms with E-state index < -0.39 is 0 Å². The van der Waals surface area contributed by atoms with Crippen LogP contribution < -0.4 is 17.0 Å². The molecular weight excluding hydrogens is 302 g/mol. The number of unbranched alkanes of at least 4 members (excludes halogenated alkanes) is 3. The molecule has 1 rings (SSSR count). The zero-order chi connectivity index (χ0) is 13.3. The number of hydrogen-bond acceptors (Lipinski definition) is 1. The summed E-state index contributed by atoms with van der Waals surface area (Å²) in [7, 11) is 6.76. The van der Waals surface area contributed by atoms with Gasteiger partial charge >= 0.3 is 0 Å². The second kappa shape index (κ2) is 10.4. The van der Waals surface area contributed by atoms with Crippen molar-refractivity contribution in [3.8, 4) is 0 Å². The van der Waals surface area contributed by atoms with Crippen LogP contribution >= 0.6 is 0 Å². The van der Waals surface area contributed by atoms with Crippen molar-refractivity contribution in [3.05, 3.63) is 35.9 Å². The molecule has 0 spiro atoms. The first kappa shape index (κ1) is 18.6. The molecule has 0 unspecified atom stereocenters. The zero-order valence-corrected chi connectivity index (χ0v) is 14.2. The van der Waals surface area contributed by atoms with E-state index in [-0.39, 0.29) is 17.0 Å². The van der Waals surface area contributed by atoms with E-state index in [4.69, 9.17) is 4.74 Å².